The van der Waals surface area contributed by atoms with Crippen LogP contribution in [0.4, 0.5) is 0 Å². The van der Waals surface area contributed by atoms with E-state index in [0.29, 0.717) is 16.9 Å². The molecule has 0 spiro atoms. The first-order chi connectivity index (χ1) is 5.04. The van der Waals surface area contributed by atoms with Gasteiger partial charge < -0.3 is 10.2 Å². The number of aliphatic hydroxyl groups excluding tert-OH is 2. The predicted molar refractivity (Wildman–Crippen MR) is 44.3 cm³/mol. The first-order valence-corrected chi connectivity index (χ1v) is 3.53. The summed E-state index contributed by atoms with van der Waals surface area (Å²) < 4.78 is 0. The minimum Gasteiger partial charge on any atom is -0.511 e. The van der Waals surface area contributed by atoms with E-state index in [9.17, 15) is 10.2 Å². The summed E-state index contributed by atoms with van der Waals surface area (Å²) in [4.78, 5) is 0. The van der Waals surface area contributed by atoms with Gasteiger partial charge in [0.05, 0.1) is 0 Å². The van der Waals surface area contributed by atoms with E-state index in [4.69, 9.17) is 0 Å². The lowest BCUT2D eigenvalue weighted by Crippen LogP contribution is -2.10. The number of aliphatic hydroxyl groups is 2. The summed E-state index contributed by atoms with van der Waals surface area (Å²) in [5, 5.41) is 18.7. The molecule has 1 atom stereocenters. The smallest absolute Gasteiger partial charge is 0.119 e. The molecular weight excluding hydrogens is 140 g/mol. The summed E-state index contributed by atoms with van der Waals surface area (Å²) >= 11 is 0. The third-order valence-electron chi connectivity index (χ3n) is 2.02. The highest BCUT2D eigenvalue weighted by atomic mass is 16.3. The Balaban J connectivity index is 3.11. The van der Waals surface area contributed by atoms with Crippen molar-refractivity contribution in [3.8, 4) is 0 Å². The highest BCUT2D eigenvalue weighted by Crippen LogP contribution is 2.29. The van der Waals surface area contributed by atoms with Crippen LogP contribution in [0.15, 0.2) is 35.3 Å². The molecule has 2 nitrogen and oxygen atoms in total. The molecule has 0 saturated heterocycles. The lowest BCUT2D eigenvalue weighted by atomic mass is 9.91. The molecule has 0 aromatic carbocycles. The number of allylic oxidation sites excluding steroid dienone is 4. The van der Waals surface area contributed by atoms with Crippen LogP contribution in [0, 0.1) is 5.92 Å². The molecule has 1 aliphatic rings. The molecule has 1 aliphatic carbocycles. The molecular formula is C9H12O2. The summed E-state index contributed by atoms with van der Waals surface area (Å²) in [6.07, 6.45) is 1.53. The molecule has 60 valence electrons. The van der Waals surface area contributed by atoms with Crippen molar-refractivity contribution >= 4 is 0 Å². The average molecular weight is 152 g/mol. The van der Waals surface area contributed by atoms with E-state index in [-0.39, 0.29) is 11.7 Å². The van der Waals surface area contributed by atoms with Gasteiger partial charge in [-0.15, -0.1) is 0 Å². The van der Waals surface area contributed by atoms with Crippen LogP contribution in [-0.2, 0) is 0 Å². The zero-order chi connectivity index (χ0) is 8.59. The van der Waals surface area contributed by atoms with Gasteiger partial charge in [0.25, 0.3) is 0 Å². The van der Waals surface area contributed by atoms with Gasteiger partial charge in [0, 0.05) is 5.92 Å². The largest absolute Gasteiger partial charge is 0.511 e. The fraction of sp³-hybridized carbons (Fsp3) is 0.333. The Labute approximate surface area is 66.2 Å². The standard InChI is InChI=1S/C9H12O2/c1-5-4-8(10)6(2)7(3)9(5)11/h4,7,10-11H,2H2,1,3H3. The van der Waals surface area contributed by atoms with Crippen LogP contribution >= 0.6 is 0 Å². The molecule has 2 N–H and O–H groups in total. The van der Waals surface area contributed by atoms with E-state index in [1.54, 1.807) is 6.92 Å². The van der Waals surface area contributed by atoms with Gasteiger partial charge >= 0.3 is 0 Å². The molecule has 0 amide bonds. The molecule has 0 aromatic heterocycles. The molecule has 2 heteroatoms. The third kappa shape index (κ3) is 1.16. The second-order valence-electron chi connectivity index (χ2n) is 2.84. The van der Waals surface area contributed by atoms with E-state index in [1.807, 2.05) is 6.92 Å². The third-order valence-corrected chi connectivity index (χ3v) is 2.02. The highest BCUT2D eigenvalue weighted by molar-refractivity contribution is 5.41. The lowest BCUT2D eigenvalue weighted by Gasteiger charge is -2.19. The fourth-order valence-electron chi connectivity index (χ4n) is 1.10. The van der Waals surface area contributed by atoms with E-state index >= 15 is 0 Å². The SMILES string of the molecule is C=C1C(O)=CC(C)=C(O)C1C. The maximum Gasteiger partial charge on any atom is 0.119 e. The van der Waals surface area contributed by atoms with Crippen LogP contribution in [0.25, 0.3) is 0 Å². The van der Waals surface area contributed by atoms with E-state index < -0.39 is 0 Å². The van der Waals surface area contributed by atoms with Gasteiger partial charge in [0.1, 0.15) is 11.5 Å². The second-order valence-corrected chi connectivity index (χ2v) is 2.84. The Morgan fingerprint density at radius 2 is 2.00 bits per heavy atom. The molecule has 1 unspecified atom stereocenters. The van der Waals surface area contributed by atoms with E-state index in [1.165, 1.54) is 6.08 Å². The Bertz CT molecular complexity index is 259. The minimum absolute atomic E-state index is 0.153. The molecule has 0 bridgehead atoms. The van der Waals surface area contributed by atoms with Gasteiger partial charge in [-0.2, -0.15) is 0 Å². The fourth-order valence-corrected chi connectivity index (χ4v) is 1.10. The molecule has 0 fully saturated rings. The number of hydrogen-bond acceptors (Lipinski definition) is 2. The predicted octanol–water partition coefficient (Wildman–Crippen LogP) is 2.47. The number of hydrogen-bond donors (Lipinski definition) is 2. The second kappa shape index (κ2) is 2.46. The van der Waals surface area contributed by atoms with Crippen molar-refractivity contribution < 1.29 is 10.2 Å². The summed E-state index contributed by atoms with van der Waals surface area (Å²) in [5.74, 6) is 0.320. The normalized spacial score (nSPS) is 25.5. The first kappa shape index (κ1) is 7.92. The van der Waals surface area contributed by atoms with Crippen LogP contribution in [-0.4, -0.2) is 10.2 Å². The maximum atomic E-state index is 9.40. The van der Waals surface area contributed by atoms with Crippen molar-refractivity contribution in [1.29, 1.82) is 0 Å². The van der Waals surface area contributed by atoms with Crippen LogP contribution in [0.3, 0.4) is 0 Å². The van der Waals surface area contributed by atoms with Gasteiger partial charge in [-0.3, -0.25) is 0 Å². The van der Waals surface area contributed by atoms with E-state index in [0.717, 1.165) is 0 Å². The van der Waals surface area contributed by atoms with Crippen molar-refractivity contribution in [3.63, 3.8) is 0 Å². The van der Waals surface area contributed by atoms with Crippen molar-refractivity contribution in [2.24, 2.45) is 5.92 Å². The van der Waals surface area contributed by atoms with Crippen molar-refractivity contribution in [1.82, 2.24) is 0 Å². The molecule has 0 heterocycles. The summed E-state index contributed by atoms with van der Waals surface area (Å²) in [6, 6.07) is 0. The lowest BCUT2D eigenvalue weighted by molar-refractivity contribution is 0.332. The molecule has 11 heavy (non-hydrogen) atoms. The van der Waals surface area contributed by atoms with Gasteiger partial charge in [-0.05, 0) is 24.1 Å². The molecule has 0 saturated carbocycles. The van der Waals surface area contributed by atoms with Crippen molar-refractivity contribution in [2.45, 2.75) is 13.8 Å². The summed E-state index contributed by atoms with van der Waals surface area (Å²) in [6.45, 7) is 7.22. The van der Waals surface area contributed by atoms with Gasteiger partial charge in [-0.25, -0.2) is 0 Å². The molecule has 0 aliphatic heterocycles. The molecule has 0 aromatic rings. The first-order valence-electron chi connectivity index (χ1n) is 3.53. The van der Waals surface area contributed by atoms with E-state index in [2.05, 4.69) is 6.58 Å². The Morgan fingerprint density at radius 3 is 2.55 bits per heavy atom. The molecule has 1 rings (SSSR count). The average Bonchev–Trinajstić information content (AvgIpc) is 1.97. The Kier molecular flexibility index (Phi) is 1.77. The van der Waals surface area contributed by atoms with Crippen molar-refractivity contribution in [2.75, 3.05) is 0 Å². The van der Waals surface area contributed by atoms with Gasteiger partial charge in [-0.1, -0.05) is 13.5 Å². The zero-order valence-corrected chi connectivity index (χ0v) is 6.76. The zero-order valence-electron chi connectivity index (χ0n) is 6.76. The van der Waals surface area contributed by atoms with Crippen molar-refractivity contribution in [3.05, 3.63) is 35.3 Å². The van der Waals surface area contributed by atoms with Gasteiger partial charge in [0.15, 0.2) is 0 Å². The van der Waals surface area contributed by atoms with Crippen LogP contribution < -0.4 is 0 Å². The Morgan fingerprint density at radius 1 is 1.45 bits per heavy atom. The summed E-state index contributed by atoms with van der Waals surface area (Å²) in [7, 11) is 0. The number of rotatable bonds is 0. The monoisotopic (exact) mass is 152 g/mol. The van der Waals surface area contributed by atoms with Crippen LogP contribution in [0.2, 0.25) is 0 Å². The quantitative estimate of drug-likeness (QED) is 0.559. The minimum atomic E-state index is -0.153. The van der Waals surface area contributed by atoms with Crippen LogP contribution in [0.5, 0.6) is 0 Å². The van der Waals surface area contributed by atoms with Gasteiger partial charge in [0.2, 0.25) is 0 Å². The summed E-state index contributed by atoms with van der Waals surface area (Å²) in [5.41, 5.74) is 1.29. The maximum absolute atomic E-state index is 9.40. The Hall–Kier alpha value is -1.18. The van der Waals surface area contributed by atoms with Crippen LogP contribution in [0.1, 0.15) is 13.8 Å². The highest BCUT2D eigenvalue weighted by Gasteiger charge is 2.20. The topological polar surface area (TPSA) is 40.5 Å². The molecule has 0 radical (unpaired) electrons.